The summed E-state index contributed by atoms with van der Waals surface area (Å²) in [5.41, 5.74) is 6.86. The van der Waals surface area contributed by atoms with Crippen molar-refractivity contribution in [1.29, 1.82) is 0 Å². The zero-order valence-corrected chi connectivity index (χ0v) is 12.7. The number of fused-ring (bicyclic) bond motifs is 1. The summed E-state index contributed by atoms with van der Waals surface area (Å²) < 4.78 is 1.11. The summed E-state index contributed by atoms with van der Waals surface area (Å²) in [6, 6.07) is 8.02. The molecule has 1 saturated carbocycles. The first kappa shape index (κ1) is 13.4. The Morgan fingerprint density at radius 2 is 2.20 bits per heavy atom. The number of carbonyl (C=O) groups is 1. The second kappa shape index (κ2) is 4.77. The molecular formula is C16H20N2OS. The Balaban J connectivity index is 1.76. The zero-order chi connectivity index (χ0) is 14.3. The summed E-state index contributed by atoms with van der Waals surface area (Å²) in [5.74, 6) is 0.0486. The number of carbonyl (C=O) groups excluding carboxylic acids is 1. The van der Waals surface area contributed by atoms with Gasteiger partial charge in [0.15, 0.2) is 0 Å². The Morgan fingerprint density at radius 1 is 1.40 bits per heavy atom. The van der Waals surface area contributed by atoms with E-state index < -0.39 is 0 Å². The van der Waals surface area contributed by atoms with Crippen LogP contribution in [0, 0.1) is 5.41 Å². The lowest BCUT2D eigenvalue weighted by Gasteiger charge is -2.17. The highest BCUT2D eigenvalue weighted by molar-refractivity contribution is 7.20. The molecule has 1 unspecified atom stereocenters. The van der Waals surface area contributed by atoms with E-state index in [1.165, 1.54) is 17.8 Å². The Hall–Kier alpha value is -1.55. The molecule has 0 spiro atoms. The Kier molecular flexibility index (Phi) is 3.21. The normalized spacial score (nSPS) is 21.2. The van der Waals surface area contributed by atoms with E-state index in [1.54, 1.807) is 0 Å². The van der Waals surface area contributed by atoms with Gasteiger partial charge in [0.05, 0.1) is 4.88 Å². The van der Waals surface area contributed by atoms with Gasteiger partial charge in [-0.3, -0.25) is 4.79 Å². The number of thiophene rings is 1. The first-order chi connectivity index (χ1) is 9.43. The van der Waals surface area contributed by atoms with Crippen molar-refractivity contribution in [1.82, 2.24) is 5.32 Å². The zero-order valence-electron chi connectivity index (χ0n) is 11.9. The molecule has 0 bridgehead atoms. The third-order valence-corrected chi connectivity index (χ3v) is 5.18. The number of hydrogen-bond acceptors (Lipinski definition) is 3. The van der Waals surface area contributed by atoms with Crippen molar-refractivity contribution in [3.05, 3.63) is 29.1 Å². The molecule has 1 aromatic heterocycles. The molecule has 1 aromatic carbocycles. The van der Waals surface area contributed by atoms with Crippen LogP contribution in [0.5, 0.6) is 0 Å². The van der Waals surface area contributed by atoms with Gasteiger partial charge in [0.1, 0.15) is 0 Å². The highest BCUT2D eigenvalue weighted by atomic mass is 32.1. The maximum absolute atomic E-state index is 12.3. The fourth-order valence-corrected chi connectivity index (χ4v) is 3.94. The molecule has 1 atom stereocenters. The minimum Gasteiger partial charge on any atom is -0.399 e. The van der Waals surface area contributed by atoms with Gasteiger partial charge >= 0.3 is 0 Å². The van der Waals surface area contributed by atoms with Gasteiger partial charge in [-0.15, -0.1) is 11.3 Å². The highest BCUT2D eigenvalue weighted by Crippen LogP contribution is 2.37. The molecule has 4 heteroatoms. The number of nitrogen functional groups attached to an aromatic ring is 1. The van der Waals surface area contributed by atoms with Gasteiger partial charge in [0.25, 0.3) is 5.91 Å². The Morgan fingerprint density at radius 3 is 2.90 bits per heavy atom. The van der Waals surface area contributed by atoms with Crippen LogP contribution >= 0.6 is 11.3 Å². The van der Waals surface area contributed by atoms with Crippen molar-refractivity contribution in [3.63, 3.8) is 0 Å². The van der Waals surface area contributed by atoms with E-state index in [2.05, 4.69) is 19.2 Å². The van der Waals surface area contributed by atoms with E-state index >= 15 is 0 Å². The number of amides is 1. The molecule has 1 heterocycles. The molecule has 3 N–H and O–H groups in total. The van der Waals surface area contributed by atoms with Crippen molar-refractivity contribution in [2.24, 2.45) is 5.41 Å². The molecule has 1 aliphatic rings. The lowest BCUT2D eigenvalue weighted by molar-refractivity contribution is 0.0940. The molecule has 2 aromatic rings. The molecule has 3 nitrogen and oxygen atoms in total. The van der Waals surface area contributed by atoms with Crippen LogP contribution in [0.2, 0.25) is 0 Å². The molecule has 20 heavy (non-hydrogen) atoms. The average Bonchev–Trinajstić information content (AvgIpc) is 2.92. The van der Waals surface area contributed by atoms with Crippen LogP contribution in [-0.4, -0.2) is 11.9 Å². The predicted octanol–water partition coefficient (Wildman–Crippen LogP) is 3.79. The first-order valence-electron chi connectivity index (χ1n) is 7.03. The number of rotatable bonds is 2. The summed E-state index contributed by atoms with van der Waals surface area (Å²) in [6.45, 7) is 4.53. The number of nitrogens with two attached hydrogens (primary N) is 1. The molecule has 106 valence electrons. The summed E-state index contributed by atoms with van der Waals surface area (Å²) in [6.07, 6.45) is 3.33. The molecular weight excluding hydrogens is 268 g/mol. The Labute approximate surface area is 123 Å². The van der Waals surface area contributed by atoms with Crippen LogP contribution in [0.25, 0.3) is 10.1 Å². The minimum atomic E-state index is 0.0486. The Bertz CT molecular complexity index is 660. The van der Waals surface area contributed by atoms with Crippen LogP contribution in [-0.2, 0) is 0 Å². The van der Waals surface area contributed by atoms with E-state index in [1.807, 2.05) is 24.3 Å². The van der Waals surface area contributed by atoms with Crippen LogP contribution in [0.4, 0.5) is 5.69 Å². The molecule has 1 amide bonds. The van der Waals surface area contributed by atoms with E-state index in [4.69, 9.17) is 5.73 Å². The van der Waals surface area contributed by atoms with Gasteiger partial charge in [-0.25, -0.2) is 0 Å². The van der Waals surface area contributed by atoms with E-state index in [9.17, 15) is 4.79 Å². The van der Waals surface area contributed by atoms with Crippen molar-refractivity contribution >= 4 is 33.0 Å². The topological polar surface area (TPSA) is 55.1 Å². The molecule has 0 aliphatic heterocycles. The molecule has 1 aliphatic carbocycles. The summed E-state index contributed by atoms with van der Waals surface area (Å²) in [7, 11) is 0. The predicted molar refractivity (Wildman–Crippen MR) is 85.1 cm³/mol. The van der Waals surface area contributed by atoms with E-state index in [0.29, 0.717) is 11.5 Å². The third kappa shape index (κ3) is 2.66. The third-order valence-electron chi connectivity index (χ3n) is 4.07. The number of nitrogens with one attached hydrogen (secondary N) is 1. The monoisotopic (exact) mass is 288 g/mol. The largest absolute Gasteiger partial charge is 0.399 e. The van der Waals surface area contributed by atoms with Crippen LogP contribution in [0.1, 0.15) is 42.8 Å². The fraction of sp³-hybridized carbons (Fsp3) is 0.438. The second-order valence-corrected chi connectivity index (χ2v) is 7.57. The standard InChI is InChI=1S/C16H20N2OS/c1-16(2)6-5-12(9-16)18-15(19)14-8-10-7-11(17)3-4-13(10)20-14/h3-4,7-8,12H,5-6,9,17H2,1-2H3,(H,18,19). The van der Waals surface area contributed by atoms with Crippen molar-refractivity contribution in [3.8, 4) is 0 Å². The molecule has 3 rings (SSSR count). The van der Waals surface area contributed by atoms with Gasteiger partial charge in [-0.2, -0.15) is 0 Å². The van der Waals surface area contributed by atoms with Gasteiger partial charge < -0.3 is 11.1 Å². The van der Waals surface area contributed by atoms with Crippen molar-refractivity contribution < 1.29 is 4.79 Å². The fourth-order valence-electron chi connectivity index (χ4n) is 2.99. The van der Waals surface area contributed by atoms with Crippen molar-refractivity contribution in [2.45, 2.75) is 39.2 Å². The lowest BCUT2D eigenvalue weighted by Crippen LogP contribution is -2.32. The van der Waals surface area contributed by atoms with E-state index in [0.717, 1.165) is 33.5 Å². The van der Waals surface area contributed by atoms with Crippen LogP contribution in [0.3, 0.4) is 0 Å². The minimum absolute atomic E-state index is 0.0486. The summed E-state index contributed by atoms with van der Waals surface area (Å²) in [5, 5.41) is 4.21. The summed E-state index contributed by atoms with van der Waals surface area (Å²) >= 11 is 1.53. The number of hydrogen-bond donors (Lipinski definition) is 2. The smallest absolute Gasteiger partial charge is 0.261 e. The first-order valence-corrected chi connectivity index (χ1v) is 7.85. The molecule has 0 saturated heterocycles. The van der Waals surface area contributed by atoms with E-state index in [-0.39, 0.29) is 5.91 Å². The van der Waals surface area contributed by atoms with Crippen molar-refractivity contribution in [2.75, 3.05) is 5.73 Å². The van der Waals surface area contributed by atoms with Gasteiger partial charge in [-0.1, -0.05) is 13.8 Å². The number of benzene rings is 1. The molecule has 0 radical (unpaired) electrons. The van der Waals surface area contributed by atoms with Crippen LogP contribution in [0.15, 0.2) is 24.3 Å². The quantitative estimate of drug-likeness (QED) is 0.826. The maximum Gasteiger partial charge on any atom is 0.261 e. The second-order valence-electron chi connectivity index (χ2n) is 6.49. The lowest BCUT2D eigenvalue weighted by atomic mass is 9.92. The van der Waals surface area contributed by atoms with Crippen LogP contribution < -0.4 is 11.1 Å². The summed E-state index contributed by atoms with van der Waals surface area (Å²) in [4.78, 5) is 13.1. The number of anilines is 1. The van der Waals surface area contributed by atoms with Gasteiger partial charge in [0.2, 0.25) is 0 Å². The maximum atomic E-state index is 12.3. The van der Waals surface area contributed by atoms with Gasteiger partial charge in [-0.05, 0) is 54.3 Å². The highest BCUT2D eigenvalue weighted by Gasteiger charge is 2.31. The van der Waals surface area contributed by atoms with Gasteiger partial charge in [0, 0.05) is 16.4 Å². The SMILES string of the molecule is CC1(C)CCC(NC(=O)c2cc3cc(N)ccc3s2)C1. The average molecular weight is 288 g/mol. The molecule has 1 fully saturated rings.